The van der Waals surface area contributed by atoms with E-state index in [4.69, 9.17) is 0 Å². The molecule has 0 aliphatic carbocycles. The Bertz CT molecular complexity index is 458. The summed E-state index contributed by atoms with van der Waals surface area (Å²) in [7, 11) is 0. The zero-order valence-corrected chi connectivity index (χ0v) is 9.13. The fourth-order valence-corrected chi connectivity index (χ4v) is 1.95. The van der Waals surface area contributed by atoms with Gasteiger partial charge in [-0.25, -0.2) is 0 Å². The van der Waals surface area contributed by atoms with Gasteiger partial charge < -0.3 is 4.90 Å². The van der Waals surface area contributed by atoms with Gasteiger partial charge in [-0.1, -0.05) is 18.2 Å². The van der Waals surface area contributed by atoms with E-state index in [1.165, 1.54) is 30.8 Å². The first-order chi connectivity index (χ1) is 7.93. The standard InChI is InChI=1S/C14H14N2/c1-2-9-15-14(4-1)12-5-7-13(8-6-12)16-10-3-11-16/h1-2,4-9H,3,10-11H2. The van der Waals surface area contributed by atoms with Gasteiger partial charge >= 0.3 is 0 Å². The van der Waals surface area contributed by atoms with E-state index < -0.39 is 0 Å². The molecule has 2 heterocycles. The Morgan fingerprint density at radius 1 is 0.938 bits per heavy atom. The van der Waals surface area contributed by atoms with Crippen molar-refractivity contribution in [1.82, 2.24) is 4.98 Å². The molecule has 3 rings (SSSR count). The highest BCUT2D eigenvalue weighted by molar-refractivity contribution is 5.63. The van der Waals surface area contributed by atoms with Crippen LogP contribution in [0.1, 0.15) is 6.42 Å². The smallest absolute Gasteiger partial charge is 0.0701 e. The van der Waals surface area contributed by atoms with Crippen molar-refractivity contribution in [2.45, 2.75) is 6.42 Å². The molecule has 2 nitrogen and oxygen atoms in total. The number of hydrogen-bond acceptors (Lipinski definition) is 2. The Kier molecular flexibility index (Phi) is 2.33. The highest BCUT2D eigenvalue weighted by Crippen LogP contribution is 2.24. The third-order valence-corrected chi connectivity index (χ3v) is 3.05. The average Bonchev–Trinajstić information content (AvgIpc) is 2.29. The Hall–Kier alpha value is -1.83. The van der Waals surface area contributed by atoms with E-state index in [1.54, 1.807) is 0 Å². The number of anilines is 1. The molecule has 2 heteroatoms. The molecule has 1 aliphatic rings. The second-order valence-electron chi connectivity index (χ2n) is 4.10. The quantitative estimate of drug-likeness (QED) is 0.757. The summed E-state index contributed by atoms with van der Waals surface area (Å²) in [4.78, 5) is 6.74. The second-order valence-corrected chi connectivity index (χ2v) is 4.10. The lowest BCUT2D eigenvalue weighted by molar-refractivity contribution is 0.618. The van der Waals surface area contributed by atoms with Gasteiger partial charge in [0.05, 0.1) is 5.69 Å². The lowest BCUT2D eigenvalue weighted by atomic mass is 10.1. The maximum Gasteiger partial charge on any atom is 0.0701 e. The second kappa shape index (κ2) is 3.97. The van der Waals surface area contributed by atoms with Crippen molar-refractivity contribution in [3.63, 3.8) is 0 Å². The molecule has 16 heavy (non-hydrogen) atoms. The molecule has 1 aliphatic heterocycles. The van der Waals surface area contributed by atoms with Crippen LogP contribution in [0.3, 0.4) is 0 Å². The molecule has 0 radical (unpaired) electrons. The number of pyridine rings is 1. The lowest BCUT2D eigenvalue weighted by Crippen LogP contribution is -2.36. The fourth-order valence-electron chi connectivity index (χ4n) is 1.95. The normalized spacial score (nSPS) is 14.6. The molecule has 0 bridgehead atoms. The van der Waals surface area contributed by atoms with Crippen LogP contribution in [0.25, 0.3) is 11.3 Å². The summed E-state index contributed by atoms with van der Waals surface area (Å²) in [5.74, 6) is 0. The van der Waals surface area contributed by atoms with Crippen LogP contribution in [-0.2, 0) is 0 Å². The van der Waals surface area contributed by atoms with E-state index in [0.29, 0.717) is 0 Å². The molecule has 0 unspecified atom stereocenters. The van der Waals surface area contributed by atoms with Crippen molar-refractivity contribution in [3.8, 4) is 11.3 Å². The van der Waals surface area contributed by atoms with Crippen molar-refractivity contribution in [2.75, 3.05) is 18.0 Å². The first-order valence-electron chi connectivity index (χ1n) is 5.70. The van der Waals surface area contributed by atoms with E-state index in [9.17, 15) is 0 Å². The van der Waals surface area contributed by atoms with Gasteiger partial charge in [-0.05, 0) is 30.7 Å². The predicted molar refractivity (Wildman–Crippen MR) is 66.5 cm³/mol. The van der Waals surface area contributed by atoms with Gasteiger partial charge in [0.1, 0.15) is 0 Å². The third kappa shape index (κ3) is 1.67. The minimum Gasteiger partial charge on any atom is -0.371 e. The molecule has 80 valence electrons. The molecule has 1 fully saturated rings. The molecule has 0 spiro atoms. The lowest BCUT2D eigenvalue weighted by Gasteiger charge is -2.33. The van der Waals surface area contributed by atoms with Crippen LogP contribution in [0, 0.1) is 0 Å². The molecule has 1 aromatic heterocycles. The number of benzene rings is 1. The molecular formula is C14H14N2. The molecule has 0 saturated carbocycles. The van der Waals surface area contributed by atoms with Gasteiger partial charge in [-0.15, -0.1) is 0 Å². The van der Waals surface area contributed by atoms with Gasteiger partial charge in [-0.2, -0.15) is 0 Å². The molecule has 1 saturated heterocycles. The number of aromatic nitrogens is 1. The monoisotopic (exact) mass is 210 g/mol. The summed E-state index contributed by atoms with van der Waals surface area (Å²) < 4.78 is 0. The first-order valence-corrected chi connectivity index (χ1v) is 5.70. The van der Waals surface area contributed by atoms with Crippen LogP contribution in [0.4, 0.5) is 5.69 Å². The van der Waals surface area contributed by atoms with Gasteiger partial charge in [0.25, 0.3) is 0 Å². The Morgan fingerprint density at radius 3 is 2.31 bits per heavy atom. The van der Waals surface area contributed by atoms with Gasteiger partial charge in [0.15, 0.2) is 0 Å². The van der Waals surface area contributed by atoms with E-state index in [-0.39, 0.29) is 0 Å². The average molecular weight is 210 g/mol. The Morgan fingerprint density at radius 2 is 1.75 bits per heavy atom. The zero-order valence-electron chi connectivity index (χ0n) is 9.13. The first kappa shape index (κ1) is 9.40. The fraction of sp³-hybridized carbons (Fsp3) is 0.214. The highest BCUT2D eigenvalue weighted by atomic mass is 15.2. The Balaban J connectivity index is 1.87. The molecular weight excluding hydrogens is 196 g/mol. The van der Waals surface area contributed by atoms with E-state index in [2.05, 4.69) is 34.1 Å². The van der Waals surface area contributed by atoms with Crippen molar-refractivity contribution >= 4 is 5.69 Å². The number of nitrogens with zero attached hydrogens (tertiary/aromatic N) is 2. The highest BCUT2D eigenvalue weighted by Gasteiger charge is 2.13. The minimum absolute atomic E-state index is 1.04. The SMILES string of the molecule is c1ccc(-c2ccc(N3CCC3)cc2)nc1. The zero-order chi connectivity index (χ0) is 10.8. The van der Waals surface area contributed by atoms with Crippen molar-refractivity contribution < 1.29 is 0 Å². The van der Waals surface area contributed by atoms with Crippen molar-refractivity contribution in [1.29, 1.82) is 0 Å². The molecule has 0 N–H and O–H groups in total. The van der Waals surface area contributed by atoms with E-state index >= 15 is 0 Å². The molecule has 2 aromatic rings. The van der Waals surface area contributed by atoms with Crippen molar-refractivity contribution in [2.24, 2.45) is 0 Å². The van der Waals surface area contributed by atoms with Gasteiger partial charge in [-0.3, -0.25) is 4.98 Å². The maximum absolute atomic E-state index is 4.34. The van der Waals surface area contributed by atoms with Crippen LogP contribution >= 0.6 is 0 Å². The summed E-state index contributed by atoms with van der Waals surface area (Å²) >= 11 is 0. The molecule has 1 aromatic carbocycles. The van der Waals surface area contributed by atoms with E-state index in [1.807, 2.05) is 24.4 Å². The van der Waals surface area contributed by atoms with Crippen LogP contribution < -0.4 is 4.90 Å². The van der Waals surface area contributed by atoms with E-state index in [0.717, 1.165) is 5.69 Å². The topological polar surface area (TPSA) is 16.1 Å². The summed E-state index contributed by atoms with van der Waals surface area (Å²) in [6.45, 7) is 2.39. The van der Waals surface area contributed by atoms with Crippen LogP contribution in [-0.4, -0.2) is 18.1 Å². The van der Waals surface area contributed by atoms with Gasteiger partial charge in [0.2, 0.25) is 0 Å². The Labute approximate surface area is 95.6 Å². The molecule has 0 amide bonds. The number of rotatable bonds is 2. The van der Waals surface area contributed by atoms with Crippen LogP contribution in [0.15, 0.2) is 48.7 Å². The van der Waals surface area contributed by atoms with Crippen LogP contribution in [0.2, 0.25) is 0 Å². The summed E-state index contributed by atoms with van der Waals surface area (Å²) in [5.41, 5.74) is 3.55. The predicted octanol–water partition coefficient (Wildman–Crippen LogP) is 2.96. The number of hydrogen-bond donors (Lipinski definition) is 0. The maximum atomic E-state index is 4.34. The third-order valence-electron chi connectivity index (χ3n) is 3.05. The summed E-state index contributed by atoms with van der Waals surface area (Å²) in [5, 5.41) is 0. The largest absolute Gasteiger partial charge is 0.371 e. The molecule has 0 atom stereocenters. The van der Waals surface area contributed by atoms with Crippen LogP contribution in [0.5, 0.6) is 0 Å². The summed E-state index contributed by atoms with van der Waals surface area (Å²) in [6.07, 6.45) is 3.15. The van der Waals surface area contributed by atoms with Crippen molar-refractivity contribution in [3.05, 3.63) is 48.7 Å². The minimum atomic E-state index is 1.04. The summed E-state index contributed by atoms with van der Waals surface area (Å²) in [6, 6.07) is 14.7. The van der Waals surface area contributed by atoms with Gasteiger partial charge in [0, 0.05) is 30.5 Å².